The van der Waals surface area contributed by atoms with Crippen LogP contribution in [0.2, 0.25) is 0 Å². The minimum absolute atomic E-state index is 0.0232. The summed E-state index contributed by atoms with van der Waals surface area (Å²) in [4.78, 5) is 27.7. The molecule has 0 aromatic heterocycles. The number of ether oxygens (including phenoxy) is 1. The number of nitrogens with zero attached hydrogens (tertiary/aromatic N) is 4. The van der Waals surface area contributed by atoms with E-state index in [0.717, 1.165) is 55.6 Å². The summed E-state index contributed by atoms with van der Waals surface area (Å²) < 4.78 is 6.02. The third kappa shape index (κ3) is 6.77. The predicted molar refractivity (Wildman–Crippen MR) is 143 cm³/mol. The van der Waals surface area contributed by atoms with Gasteiger partial charge < -0.3 is 19.9 Å². The van der Waals surface area contributed by atoms with E-state index >= 15 is 0 Å². The van der Waals surface area contributed by atoms with Gasteiger partial charge in [-0.3, -0.25) is 14.9 Å². The Bertz CT molecular complexity index is 1170. The molecule has 0 bridgehead atoms. The van der Waals surface area contributed by atoms with Gasteiger partial charge in [-0.15, -0.1) is 0 Å². The van der Waals surface area contributed by atoms with Crippen LogP contribution in [0.25, 0.3) is 0 Å². The van der Waals surface area contributed by atoms with Gasteiger partial charge in [0, 0.05) is 55.2 Å². The maximum absolute atomic E-state index is 12.9. The Labute approximate surface area is 218 Å². The van der Waals surface area contributed by atoms with Crippen molar-refractivity contribution in [3.8, 4) is 6.07 Å². The molecule has 1 amide bonds. The Morgan fingerprint density at radius 2 is 1.86 bits per heavy atom. The van der Waals surface area contributed by atoms with Gasteiger partial charge in [-0.05, 0) is 81.8 Å². The maximum atomic E-state index is 12.9. The van der Waals surface area contributed by atoms with Gasteiger partial charge in [0.15, 0.2) is 0 Å². The number of amides is 1. The zero-order valence-corrected chi connectivity index (χ0v) is 21.6. The number of carbonyl (C=O) groups excluding carboxylic acids is 1. The van der Waals surface area contributed by atoms with Gasteiger partial charge in [0.05, 0.1) is 22.7 Å². The van der Waals surface area contributed by atoms with Crippen molar-refractivity contribution in [3.05, 3.63) is 63.2 Å². The van der Waals surface area contributed by atoms with Crippen molar-refractivity contribution in [1.82, 2.24) is 4.90 Å². The third-order valence-electron chi connectivity index (χ3n) is 7.43. The Morgan fingerprint density at radius 1 is 1.08 bits per heavy atom. The molecule has 0 radical (unpaired) electrons. The first-order valence-electron chi connectivity index (χ1n) is 13.0. The van der Waals surface area contributed by atoms with Gasteiger partial charge >= 0.3 is 0 Å². The second-order valence-electron chi connectivity index (χ2n) is 10.0. The van der Waals surface area contributed by atoms with Crippen LogP contribution in [-0.2, 0) is 9.53 Å². The van der Waals surface area contributed by atoms with Crippen LogP contribution in [0.15, 0.2) is 36.4 Å². The zero-order valence-electron chi connectivity index (χ0n) is 21.6. The standard InChI is InChI=1S/C28H35N5O4/c1-20-16-24(5-4-22(20)18-29)30-23-6-9-26(10-7-23)37-19-28(34)32-13-3-12-31(14-15-32)25-8-11-27(33(35)36)21(2)17-25/h4-5,8,11,16-17,23,26,30H,3,6-7,9-10,12-15,19H2,1-2H3. The van der Waals surface area contributed by atoms with E-state index in [1.807, 2.05) is 36.1 Å². The number of hydrogen-bond acceptors (Lipinski definition) is 7. The first-order chi connectivity index (χ1) is 17.8. The Kier molecular flexibility index (Phi) is 8.62. The molecule has 1 saturated carbocycles. The first kappa shape index (κ1) is 26.4. The van der Waals surface area contributed by atoms with Crippen LogP contribution in [0.4, 0.5) is 17.1 Å². The molecule has 196 valence electrons. The minimum Gasteiger partial charge on any atom is -0.382 e. The van der Waals surface area contributed by atoms with Crippen molar-refractivity contribution in [2.24, 2.45) is 0 Å². The highest BCUT2D eigenvalue weighted by molar-refractivity contribution is 5.77. The number of benzene rings is 2. The van der Waals surface area contributed by atoms with Crippen LogP contribution in [0.5, 0.6) is 0 Å². The van der Waals surface area contributed by atoms with E-state index < -0.39 is 0 Å². The molecule has 1 aliphatic carbocycles. The average molecular weight is 506 g/mol. The molecule has 1 aliphatic heterocycles. The molecule has 0 atom stereocenters. The van der Waals surface area contributed by atoms with Crippen LogP contribution in [-0.4, -0.2) is 60.7 Å². The van der Waals surface area contributed by atoms with Crippen molar-refractivity contribution in [2.75, 3.05) is 43.0 Å². The molecule has 9 heteroatoms. The molecule has 4 rings (SSSR count). The van der Waals surface area contributed by atoms with Gasteiger partial charge in [-0.25, -0.2) is 0 Å². The highest BCUT2D eigenvalue weighted by atomic mass is 16.6. The molecule has 0 unspecified atom stereocenters. The normalized spacial score (nSPS) is 20.1. The fourth-order valence-corrected chi connectivity index (χ4v) is 5.24. The van der Waals surface area contributed by atoms with E-state index in [4.69, 9.17) is 10.00 Å². The molecule has 2 aromatic carbocycles. The van der Waals surface area contributed by atoms with Crippen LogP contribution < -0.4 is 10.2 Å². The molecule has 2 aliphatic rings. The van der Waals surface area contributed by atoms with Gasteiger partial charge in [0.2, 0.25) is 5.91 Å². The lowest BCUT2D eigenvalue weighted by Crippen LogP contribution is -2.39. The summed E-state index contributed by atoms with van der Waals surface area (Å²) in [7, 11) is 0. The summed E-state index contributed by atoms with van der Waals surface area (Å²) in [6.07, 6.45) is 4.71. The SMILES string of the molecule is Cc1cc(NC2CCC(OCC(=O)N3CCCN(c4ccc([N+](=O)[O-])c(C)c4)CC3)CC2)ccc1C#N. The monoisotopic (exact) mass is 505 g/mol. The number of carbonyl (C=O) groups is 1. The Morgan fingerprint density at radius 3 is 2.54 bits per heavy atom. The van der Waals surface area contributed by atoms with Crippen molar-refractivity contribution < 1.29 is 14.5 Å². The molecule has 1 saturated heterocycles. The van der Waals surface area contributed by atoms with E-state index in [9.17, 15) is 14.9 Å². The number of nitrogens with one attached hydrogen (secondary N) is 1. The van der Waals surface area contributed by atoms with E-state index in [-0.39, 0.29) is 29.2 Å². The summed E-state index contributed by atoms with van der Waals surface area (Å²) >= 11 is 0. The topological polar surface area (TPSA) is 112 Å². The number of anilines is 2. The molecule has 1 heterocycles. The lowest BCUT2D eigenvalue weighted by molar-refractivity contribution is -0.385. The maximum Gasteiger partial charge on any atom is 0.272 e. The van der Waals surface area contributed by atoms with E-state index in [1.165, 1.54) is 0 Å². The summed E-state index contributed by atoms with van der Waals surface area (Å²) in [6.45, 7) is 6.60. The quantitative estimate of drug-likeness (QED) is 0.434. The molecular weight excluding hydrogens is 470 g/mol. The number of hydrogen-bond donors (Lipinski definition) is 1. The predicted octanol–water partition coefficient (Wildman–Crippen LogP) is 4.56. The van der Waals surface area contributed by atoms with Crippen LogP contribution >= 0.6 is 0 Å². The molecule has 2 aromatic rings. The van der Waals surface area contributed by atoms with Crippen molar-refractivity contribution in [1.29, 1.82) is 5.26 Å². The summed E-state index contributed by atoms with van der Waals surface area (Å²) in [5.41, 5.74) is 4.44. The van der Waals surface area contributed by atoms with Gasteiger partial charge in [0.25, 0.3) is 5.69 Å². The Hall–Kier alpha value is -3.64. The minimum atomic E-state index is -0.360. The number of rotatable bonds is 7. The smallest absolute Gasteiger partial charge is 0.272 e. The summed E-state index contributed by atoms with van der Waals surface area (Å²) in [5.74, 6) is 0.0232. The van der Waals surface area contributed by atoms with Crippen molar-refractivity contribution >= 4 is 23.0 Å². The van der Waals surface area contributed by atoms with Gasteiger partial charge in [-0.2, -0.15) is 5.26 Å². The molecule has 0 spiro atoms. The number of nitro groups is 1. The largest absolute Gasteiger partial charge is 0.382 e. The highest BCUT2D eigenvalue weighted by Gasteiger charge is 2.25. The average Bonchev–Trinajstić information content (AvgIpc) is 3.14. The Balaban J connectivity index is 1.20. The van der Waals surface area contributed by atoms with Gasteiger partial charge in [-0.1, -0.05) is 0 Å². The van der Waals surface area contributed by atoms with E-state index in [2.05, 4.69) is 16.3 Å². The summed E-state index contributed by atoms with van der Waals surface area (Å²) in [5, 5.41) is 23.8. The molecular formula is C28H35N5O4. The molecule has 2 fully saturated rings. The van der Waals surface area contributed by atoms with Crippen molar-refractivity contribution in [3.63, 3.8) is 0 Å². The lowest BCUT2D eigenvalue weighted by atomic mass is 9.92. The van der Waals surface area contributed by atoms with Crippen LogP contribution in [0, 0.1) is 35.3 Å². The van der Waals surface area contributed by atoms with E-state index in [0.29, 0.717) is 36.8 Å². The summed E-state index contributed by atoms with van der Waals surface area (Å²) in [6, 6.07) is 13.6. The fourth-order valence-electron chi connectivity index (χ4n) is 5.24. The van der Waals surface area contributed by atoms with Gasteiger partial charge in [0.1, 0.15) is 6.61 Å². The lowest BCUT2D eigenvalue weighted by Gasteiger charge is -2.30. The second kappa shape index (κ2) is 12.1. The zero-order chi connectivity index (χ0) is 26.4. The van der Waals surface area contributed by atoms with Crippen LogP contribution in [0.3, 0.4) is 0 Å². The number of nitriles is 1. The third-order valence-corrected chi connectivity index (χ3v) is 7.43. The van der Waals surface area contributed by atoms with E-state index in [1.54, 1.807) is 19.1 Å². The fraction of sp³-hybridized carbons (Fsp3) is 0.500. The highest BCUT2D eigenvalue weighted by Crippen LogP contribution is 2.27. The van der Waals surface area contributed by atoms with Crippen molar-refractivity contribution in [2.45, 2.75) is 58.1 Å². The number of aryl methyl sites for hydroxylation is 2. The molecule has 37 heavy (non-hydrogen) atoms. The first-order valence-corrected chi connectivity index (χ1v) is 13.0. The number of nitro benzene ring substituents is 1. The van der Waals surface area contributed by atoms with Crippen LogP contribution in [0.1, 0.15) is 48.8 Å². The molecule has 1 N–H and O–H groups in total. The second-order valence-corrected chi connectivity index (χ2v) is 10.0. The molecule has 9 nitrogen and oxygen atoms in total.